The van der Waals surface area contributed by atoms with Crippen LogP contribution in [0.15, 0.2) is 24.4 Å². The maximum atomic E-state index is 11.2. The van der Waals surface area contributed by atoms with Crippen LogP contribution >= 0.6 is 0 Å². The lowest BCUT2D eigenvalue weighted by atomic mass is 10.1. The molecule has 5 heteroatoms. The highest BCUT2D eigenvalue weighted by atomic mass is 16.1. The zero-order valence-electron chi connectivity index (χ0n) is 11.0. The van der Waals surface area contributed by atoms with E-state index >= 15 is 0 Å². The highest BCUT2D eigenvalue weighted by Gasteiger charge is 2.22. The Balaban J connectivity index is 2.89. The van der Waals surface area contributed by atoms with Crippen LogP contribution in [-0.2, 0) is 4.79 Å². The summed E-state index contributed by atoms with van der Waals surface area (Å²) < 4.78 is 0. The fourth-order valence-electron chi connectivity index (χ4n) is 2.00. The molecule has 1 aromatic rings. The summed E-state index contributed by atoms with van der Waals surface area (Å²) in [7, 11) is 0. The van der Waals surface area contributed by atoms with E-state index in [1.165, 1.54) is 0 Å². The van der Waals surface area contributed by atoms with Crippen LogP contribution in [0.2, 0.25) is 0 Å². The van der Waals surface area contributed by atoms with Gasteiger partial charge in [-0.25, -0.2) is 0 Å². The van der Waals surface area contributed by atoms with Gasteiger partial charge in [-0.15, -0.1) is 0 Å². The molecular weight excluding hydrogens is 228 g/mol. The van der Waals surface area contributed by atoms with Crippen LogP contribution in [0, 0.1) is 5.92 Å². The van der Waals surface area contributed by atoms with Crippen molar-refractivity contribution in [3.63, 3.8) is 0 Å². The molecule has 0 aromatic carbocycles. The first-order valence-electron chi connectivity index (χ1n) is 6.18. The smallest absolute Gasteiger partial charge is 0.231 e. The first-order chi connectivity index (χ1) is 8.54. The average Bonchev–Trinajstić information content (AvgIpc) is 2.29. The summed E-state index contributed by atoms with van der Waals surface area (Å²) in [5, 5.41) is 0. The maximum Gasteiger partial charge on any atom is 0.231 e. The molecule has 4 N–H and O–H groups in total. The van der Waals surface area contributed by atoms with Crippen LogP contribution in [0.1, 0.15) is 25.6 Å². The summed E-state index contributed by atoms with van der Waals surface area (Å²) in [6.45, 7) is 5.58. The van der Waals surface area contributed by atoms with Crippen molar-refractivity contribution >= 4 is 5.91 Å². The minimum absolute atomic E-state index is 0.0684. The molecule has 0 aliphatic carbocycles. The maximum absolute atomic E-state index is 11.2. The Morgan fingerprint density at radius 2 is 2.17 bits per heavy atom. The summed E-state index contributed by atoms with van der Waals surface area (Å²) >= 11 is 0. The summed E-state index contributed by atoms with van der Waals surface area (Å²) in [4.78, 5) is 17.5. The number of amides is 1. The van der Waals surface area contributed by atoms with E-state index in [0.29, 0.717) is 12.5 Å². The number of carbonyl (C=O) groups is 1. The van der Waals surface area contributed by atoms with Crippen LogP contribution < -0.4 is 11.5 Å². The van der Waals surface area contributed by atoms with Gasteiger partial charge in [0.05, 0.1) is 18.3 Å². The number of carbonyl (C=O) groups excluding carboxylic acids is 1. The average molecular weight is 250 g/mol. The molecule has 0 fully saturated rings. The van der Waals surface area contributed by atoms with E-state index in [9.17, 15) is 4.79 Å². The molecule has 0 aliphatic rings. The van der Waals surface area contributed by atoms with Gasteiger partial charge in [-0.1, -0.05) is 19.9 Å². The second-order valence-electron chi connectivity index (χ2n) is 4.80. The summed E-state index contributed by atoms with van der Waals surface area (Å²) in [5.41, 5.74) is 12.0. The van der Waals surface area contributed by atoms with Crippen LogP contribution in [0.25, 0.3) is 0 Å². The van der Waals surface area contributed by atoms with Crippen molar-refractivity contribution in [3.8, 4) is 0 Å². The number of pyridine rings is 1. The van der Waals surface area contributed by atoms with Gasteiger partial charge in [-0.2, -0.15) is 0 Å². The molecule has 5 nitrogen and oxygen atoms in total. The molecule has 1 unspecified atom stereocenters. The molecule has 100 valence electrons. The number of aromatic nitrogens is 1. The van der Waals surface area contributed by atoms with E-state index in [4.69, 9.17) is 11.5 Å². The van der Waals surface area contributed by atoms with Gasteiger partial charge in [0.25, 0.3) is 0 Å². The van der Waals surface area contributed by atoms with Gasteiger partial charge in [0.15, 0.2) is 0 Å². The van der Waals surface area contributed by atoms with Gasteiger partial charge >= 0.3 is 0 Å². The number of nitrogens with zero attached hydrogens (tertiary/aromatic N) is 2. The normalized spacial score (nSPS) is 12.9. The third-order valence-corrected chi connectivity index (χ3v) is 2.65. The fourth-order valence-corrected chi connectivity index (χ4v) is 2.00. The summed E-state index contributed by atoms with van der Waals surface area (Å²) in [5.74, 6) is 0.0899. The SMILES string of the molecule is CC(C)CN(CC(N)=O)C(CN)c1ccccn1. The Hall–Kier alpha value is -1.46. The second kappa shape index (κ2) is 7.08. The van der Waals surface area contributed by atoms with Crippen molar-refractivity contribution in [2.75, 3.05) is 19.6 Å². The van der Waals surface area contributed by atoms with Crippen molar-refractivity contribution in [2.24, 2.45) is 17.4 Å². The predicted molar refractivity (Wildman–Crippen MR) is 71.6 cm³/mol. The molecule has 0 saturated carbocycles. The molecule has 0 radical (unpaired) electrons. The standard InChI is InChI=1S/C13H22N4O/c1-10(2)8-17(9-13(15)18)12(7-14)11-5-3-4-6-16-11/h3-6,10,12H,7-9,14H2,1-2H3,(H2,15,18). The predicted octanol–water partition coefficient (Wildman–Crippen LogP) is 0.525. The Morgan fingerprint density at radius 3 is 2.61 bits per heavy atom. The summed E-state index contributed by atoms with van der Waals surface area (Å²) in [6.07, 6.45) is 1.73. The van der Waals surface area contributed by atoms with E-state index in [0.717, 1.165) is 12.2 Å². The minimum Gasteiger partial charge on any atom is -0.369 e. The molecule has 1 rings (SSSR count). The lowest BCUT2D eigenvalue weighted by Gasteiger charge is -2.30. The highest BCUT2D eigenvalue weighted by molar-refractivity contribution is 5.76. The first-order valence-corrected chi connectivity index (χ1v) is 6.18. The van der Waals surface area contributed by atoms with Crippen LogP contribution in [0.3, 0.4) is 0 Å². The third-order valence-electron chi connectivity index (χ3n) is 2.65. The molecular formula is C13H22N4O. The van der Waals surface area contributed by atoms with Crippen LogP contribution in [-0.4, -0.2) is 35.4 Å². The molecule has 1 heterocycles. The Morgan fingerprint density at radius 1 is 1.44 bits per heavy atom. The van der Waals surface area contributed by atoms with E-state index < -0.39 is 0 Å². The van der Waals surface area contributed by atoms with Crippen molar-refractivity contribution in [2.45, 2.75) is 19.9 Å². The van der Waals surface area contributed by atoms with Crippen molar-refractivity contribution in [1.82, 2.24) is 9.88 Å². The largest absolute Gasteiger partial charge is 0.369 e. The van der Waals surface area contributed by atoms with Crippen molar-refractivity contribution in [1.29, 1.82) is 0 Å². The summed E-state index contributed by atoms with van der Waals surface area (Å²) in [6, 6.07) is 5.63. The van der Waals surface area contributed by atoms with Gasteiger partial charge in [-0.3, -0.25) is 14.7 Å². The fraction of sp³-hybridized carbons (Fsp3) is 0.538. The lowest BCUT2D eigenvalue weighted by Crippen LogP contribution is -2.41. The second-order valence-corrected chi connectivity index (χ2v) is 4.80. The molecule has 0 saturated heterocycles. The zero-order chi connectivity index (χ0) is 13.5. The molecule has 1 atom stereocenters. The minimum atomic E-state index is -0.343. The van der Waals surface area contributed by atoms with E-state index in [-0.39, 0.29) is 18.5 Å². The Bertz CT molecular complexity index is 367. The van der Waals surface area contributed by atoms with Crippen LogP contribution in [0.4, 0.5) is 0 Å². The Kier molecular flexibility index (Phi) is 5.74. The number of nitrogens with two attached hydrogens (primary N) is 2. The topological polar surface area (TPSA) is 85.2 Å². The first kappa shape index (κ1) is 14.6. The molecule has 0 bridgehead atoms. The van der Waals surface area contributed by atoms with Gasteiger partial charge in [0, 0.05) is 19.3 Å². The zero-order valence-corrected chi connectivity index (χ0v) is 11.0. The molecule has 1 amide bonds. The number of primary amides is 1. The van der Waals surface area contributed by atoms with Gasteiger partial charge < -0.3 is 11.5 Å². The number of hydrogen-bond donors (Lipinski definition) is 2. The number of hydrogen-bond acceptors (Lipinski definition) is 4. The number of rotatable bonds is 7. The highest BCUT2D eigenvalue weighted by Crippen LogP contribution is 2.18. The Labute approximate surface area is 108 Å². The van der Waals surface area contributed by atoms with Gasteiger partial charge in [-0.05, 0) is 18.1 Å². The van der Waals surface area contributed by atoms with E-state index in [1.54, 1.807) is 6.20 Å². The van der Waals surface area contributed by atoms with Gasteiger partial charge in [0.1, 0.15) is 0 Å². The molecule has 0 spiro atoms. The molecule has 18 heavy (non-hydrogen) atoms. The van der Waals surface area contributed by atoms with Crippen molar-refractivity contribution in [3.05, 3.63) is 30.1 Å². The van der Waals surface area contributed by atoms with E-state index in [2.05, 4.69) is 18.8 Å². The third kappa shape index (κ3) is 4.43. The van der Waals surface area contributed by atoms with Crippen LogP contribution in [0.5, 0.6) is 0 Å². The lowest BCUT2D eigenvalue weighted by molar-refractivity contribution is -0.119. The quantitative estimate of drug-likeness (QED) is 0.739. The monoisotopic (exact) mass is 250 g/mol. The van der Waals surface area contributed by atoms with Crippen molar-refractivity contribution < 1.29 is 4.79 Å². The van der Waals surface area contributed by atoms with E-state index in [1.807, 2.05) is 23.1 Å². The molecule has 0 aliphatic heterocycles. The molecule has 1 aromatic heterocycles. The van der Waals surface area contributed by atoms with Gasteiger partial charge in [0.2, 0.25) is 5.91 Å².